The molecular weight excluding hydrogens is 334 g/mol. The van der Waals surface area contributed by atoms with E-state index < -0.39 is 33.4 Å². The SMILES string of the molecule is O=C(O)C[C@H](N=C1NS(=O)(=O)[C@@H]2CCCC[C@@H]2O1)c1cccnc1. The third-order valence-electron chi connectivity index (χ3n) is 4.24. The molecule has 0 aromatic carbocycles. The van der Waals surface area contributed by atoms with E-state index in [0.717, 1.165) is 12.8 Å². The summed E-state index contributed by atoms with van der Waals surface area (Å²) in [6.07, 6.45) is 5.35. The lowest BCUT2D eigenvalue weighted by Gasteiger charge is -2.36. The van der Waals surface area contributed by atoms with Crippen LogP contribution in [0.5, 0.6) is 0 Å². The van der Waals surface area contributed by atoms with E-state index >= 15 is 0 Å². The Bertz CT molecular complexity index is 735. The van der Waals surface area contributed by atoms with Gasteiger partial charge in [0.1, 0.15) is 11.4 Å². The number of rotatable bonds is 4. The van der Waals surface area contributed by atoms with Crippen LogP contribution in [-0.2, 0) is 19.6 Å². The number of ether oxygens (including phenoxy) is 1. The largest absolute Gasteiger partial charge is 0.481 e. The average molecular weight is 353 g/mol. The summed E-state index contributed by atoms with van der Waals surface area (Å²) in [5.41, 5.74) is 0.584. The van der Waals surface area contributed by atoms with Gasteiger partial charge < -0.3 is 9.84 Å². The number of pyridine rings is 1. The van der Waals surface area contributed by atoms with Crippen molar-refractivity contribution in [2.45, 2.75) is 49.5 Å². The van der Waals surface area contributed by atoms with Gasteiger partial charge in [-0.25, -0.2) is 18.1 Å². The topological polar surface area (TPSA) is 118 Å². The molecule has 9 heteroatoms. The van der Waals surface area contributed by atoms with Gasteiger partial charge in [0, 0.05) is 12.4 Å². The van der Waals surface area contributed by atoms with Crippen molar-refractivity contribution < 1.29 is 23.1 Å². The molecule has 3 atom stereocenters. The highest BCUT2D eigenvalue weighted by Crippen LogP contribution is 2.30. The fourth-order valence-electron chi connectivity index (χ4n) is 3.09. The molecule has 1 aromatic rings. The molecule has 2 N–H and O–H groups in total. The van der Waals surface area contributed by atoms with Crippen LogP contribution in [0.25, 0.3) is 0 Å². The lowest BCUT2D eigenvalue weighted by Crippen LogP contribution is -2.54. The number of carboxylic acid groups (broad SMARTS) is 1. The van der Waals surface area contributed by atoms with Crippen LogP contribution < -0.4 is 4.72 Å². The number of fused-ring (bicyclic) bond motifs is 1. The first-order valence-electron chi connectivity index (χ1n) is 7.83. The van der Waals surface area contributed by atoms with Gasteiger partial charge in [0.2, 0.25) is 10.0 Å². The Labute approximate surface area is 140 Å². The monoisotopic (exact) mass is 353 g/mol. The summed E-state index contributed by atoms with van der Waals surface area (Å²) in [5.74, 6) is -1.04. The van der Waals surface area contributed by atoms with E-state index in [1.54, 1.807) is 18.3 Å². The number of hydrogen-bond donors (Lipinski definition) is 2. The van der Waals surface area contributed by atoms with E-state index in [2.05, 4.69) is 14.7 Å². The van der Waals surface area contributed by atoms with E-state index in [-0.39, 0.29) is 12.4 Å². The molecule has 3 rings (SSSR count). The van der Waals surface area contributed by atoms with Gasteiger partial charge >= 0.3 is 5.97 Å². The second kappa shape index (κ2) is 6.76. The number of aliphatic carboxylic acids is 1. The molecule has 1 aliphatic heterocycles. The Kier molecular flexibility index (Phi) is 4.70. The molecule has 24 heavy (non-hydrogen) atoms. The zero-order chi connectivity index (χ0) is 17.2. The molecule has 0 amide bonds. The third kappa shape index (κ3) is 3.66. The highest BCUT2D eigenvalue weighted by Gasteiger charge is 2.42. The van der Waals surface area contributed by atoms with Crippen LogP contribution in [0, 0.1) is 0 Å². The lowest BCUT2D eigenvalue weighted by molar-refractivity contribution is -0.137. The predicted octanol–water partition coefficient (Wildman–Crippen LogP) is 1.21. The molecule has 130 valence electrons. The molecule has 0 radical (unpaired) electrons. The molecular formula is C15H19N3O5S. The molecule has 2 fully saturated rings. The molecule has 1 saturated carbocycles. The van der Waals surface area contributed by atoms with Gasteiger partial charge in [-0.1, -0.05) is 12.5 Å². The minimum Gasteiger partial charge on any atom is -0.481 e. The highest BCUT2D eigenvalue weighted by molar-refractivity contribution is 7.90. The first-order valence-corrected chi connectivity index (χ1v) is 9.38. The van der Waals surface area contributed by atoms with Crippen LogP contribution in [-0.4, -0.2) is 41.9 Å². The Morgan fingerprint density at radius 1 is 1.46 bits per heavy atom. The van der Waals surface area contributed by atoms with Gasteiger partial charge in [-0.15, -0.1) is 0 Å². The third-order valence-corrected chi connectivity index (χ3v) is 6.04. The number of aromatic nitrogens is 1. The van der Waals surface area contributed by atoms with Gasteiger partial charge in [0.15, 0.2) is 0 Å². The maximum atomic E-state index is 12.4. The minimum absolute atomic E-state index is 0.131. The van der Waals surface area contributed by atoms with Crippen molar-refractivity contribution in [2.75, 3.05) is 0 Å². The van der Waals surface area contributed by atoms with Gasteiger partial charge in [0.25, 0.3) is 6.02 Å². The van der Waals surface area contributed by atoms with Crippen molar-refractivity contribution in [3.63, 3.8) is 0 Å². The van der Waals surface area contributed by atoms with Crippen LogP contribution in [0.1, 0.15) is 43.7 Å². The molecule has 8 nitrogen and oxygen atoms in total. The van der Waals surface area contributed by atoms with Gasteiger partial charge in [-0.2, -0.15) is 0 Å². The smallest absolute Gasteiger partial charge is 0.305 e. The maximum absolute atomic E-state index is 12.4. The van der Waals surface area contributed by atoms with Crippen molar-refractivity contribution in [3.05, 3.63) is 30.1 Å². The average Bonchev–Trinajstić information content (AvgIpc) is 2.54. The van der Waals surface area contributed by atoms with Crippen molar-refractivity contribution in [2.24, 2.45) is 4.99 Å². The Morgan fingerprint density at radius 2 is 2.25 bits per heavy atom. The quantitative estimate of drug-likeness (QED) is 0.840. The molecule has 1 aliphatic carbocycles. The maximum Gasteiger partial charge on any atom is 0.305 e. The van der Waals surface area contributed by atoms with Crippen molar-refractivity contribution in [3.8, 4) is 0 Å². The zero-order valence-electron chi connectivity index (χ0n) is 13.0. The van der Waals surface area contributed by atoms with Crippen LogP contribution in [0.4, 0.5) is 0 Å². The summed E-state index contributed by atoms with van der Waals surface area (Å²) in [4.78, 5) is 19.3. The van der Waals surface area contributed by atoms with Crippen molar-refractivity contribution in [1.82, 2.24) is 9.71 Å². The summed E-state index contributed by atoms with van der Waals surface area (Å²) in [6, 6.07) is 2.47. The van der Waals surface area contributed by atoms with Gasteiger partial charge in [0.05, 0.1) is 12.5 Å². The van der Waals surface area contributed by atoms with Crippen LogP contribution in [0.3, 0.4) is 0 Å². The number of hydrogen-bond acceptors (Lipinski definition) is 6. The molecule has 1 aromatic heterocycles. The van der Waals surface area contributed by atoms with E-state index in [0.29, 0.717) is 18.4 Å². The molecule has 1 saturated heterocycles. The van der Waals surface area contributed by atoms with Crippen molar-refractivity contribution >= 4 is 22.0 Å². The number of carbonyl (C=O) groups is 1. The second-order valence-electron chi connectivity index (χ2n) is 5.96. The van der Waals surface area contributed by atoms with E-state index in [9.17, 15) is 13.2 Å². The fraction of sp³-hybridized carbons (Fsp3) is 0.533. The highest BCUT2D eigenvalue weighted by atomic mass is 32.2. The summed E-state index contributed by atoms with van der Waals surface area (Å²) >= 11 is 0. The fourth-order valence-corrected chi connectivity index (χ4v) is 4.66. The van der Waals surface area contributed by atoms with E-state index in [1.165, 1.54) is 6.20 Å². The second-order valence-corrected chi connectivity index (χ2v) is 7.86. The Hall–Kier alpha value is -2.16. The number of aliphatic imine (C=N–C) groups is 1. The molecule has 0 bridgehead atoms. The molecule has 0 spiro atoms. The molecule has 0 unspecified atom stereocenters. The number of carboxylic acids is 1. The first-order chi connectivity index (χ1) is 11.5. The standard InChI is InChI=1S/C15H19N3O5S/c19-14(20)8-11(10-4-3-7-16-9-10)17-15-18-24(21,22)13-6-2-1-5-12(13)23-15/h3-4,7,9,11-13H,1-2,5-6,8H2,(H,17,18)(H,19,20)/t11-,12-,13+/m0/s1. The first kappa shape index (κ1) is 16.7. The normalized spacial score (nSPS) is 28.2. The number of nitrogens with zero attached hydrogens (tertiary/aromatic N) is 2. The van der Waals surface area contributed by atoms with Gasteiger partial charge in [-0.3, -0.25) is 9.78 Å². The summed E-state index contributed by atoms with van der Waals surface area (Å²) in [5, 5.41) is 8.53. The number of nitrogens with one attached hydrogen (secondary N) is 1. The van der Waals surface area contributed by atoms with Crippen LogP contribution in [0.2, 0.25) is 0 Å². The van der Waals surface area contributed by atoms with E-state index in [4.69, 9.17) is 9.84 Å². The summed E-state index contributed by atoms with van der Waals surface area (Å²) in [7, 11) is -3.56. The Morgan fingerprint density at radius 3 is 2.96 bits per heavy atom. The van der Waals surface area contributed by atoms with Gasteiger partial charge in [-0.05, 0) is 30.9 Å². The molecule has 2 aliphatic rings. The lowest BCUT2D eigenvalue weighted by atomic mass is 9.97. The number of sulfonamides is 1. The van der Waals surface area contributed by atoms with Crippen LogP contribution >= 0.6 is 0 Å². The number of amidine groups is 1. The summed E-state index contributed by atoms with van der Waals surface area (Å²) in [6.45, 7) is 0. The predicted molar refractivity (Wildman–Crippen MR) is 85.9 cm³/mol. The van der Waals surface area contributed by atoms with Crippen molar-refractivity contribution in [1.29, 1.82) is 0 Å². The van der Waals surface area contributed by atoms with Crippen LogP contribution in [0.15, 0.2) is 29.5 Å². The Balaban J connectivity index is 1.88. The minimum atomic E-state index is -3.56. The molecule has 2 heterocycles. The summed E-state index contributed by atoms with van der Waals surface area (Å²) < 4.78 is 32.8. The zero-order valence-corrected chi connectivity index (χ0v) is 13.8. The van der Waals surface area contributed by atoms with E-state index in [1.807, 2.05) is 0 Å².